The van der Waals surface area contributed by atoms with Gasteiger partial charge in [-0.15, -0.1) is 11.6 Å². The van der Waals surface area contributed by atoms with Crippen LogP contribution in [-0.4, -0.2) is 18.3 Å². The summed E-state index contributed by atoms with van der Waals surface area (Å²) in [5.41, 5.74) is 0. The zero-order chi connectivity index (χ0) is 8.97. The molecular formula is C9H16ClNO. The highest BCUT2D eigenvalue weighted by Gasteiger charge is 2.28. The van der Waals surface area contributed by atoms with Crippen molar-refractivity contribution in [2.24, 2.45) is 11.8 Å². The van der Waals surface area contributed by atoms with Crippen LogP contribution in [0.15, 0.2) is 0 Å². The lowest BCUT2D eigenvalue weighted by atomic mass is 9.97. The molecule has 0 heterocycles. The monoisotopic (exact) mass is 189 g/mol. The molecule has 0 aromatic carbocycles. The van der Waals surface area contributed by atoms with Gasteiger partial charge in [0.25, 0.3) is 0 Å². The second-order valence-corrected chi connectivity index (χ2v) is 3.87. The lowest BCUT2D eigenvalue weighted by Gasteiger charge is -2.14. The first kappa shape index (κ1) is 9.85. The zero-order valence-electron chi connectivity index (χ0n) is 7.48. The molecule has 2 nitrogen and oxygen atoms in total. The molecule has 0 aromatic heterocycles. The summed E-state index contributed by atoms with van der Waals surface area (Å²) >= 11 is 5.47. The molecule has 1 rings (SSSR count). The number of carbonyl (C=O) groups is 1. The molecule has 0 aliphatic heterocycles. The van der Waals surface area contributed by atoms with Crippen LogP contribution in [0.5, 0.6) is 0 Å². The van der Waals surface area contributed by atoms with Gasteiger partial charge < -0.3 is 5.32 Å². The molecule has 12 heavy (non-hydrogen) atoms. The van der Waals surface area contributed by atoms with Crippen LogP contribution in [0.25, 0.3) is 0 Å². The molecule has 1 saturated carbocycles. The highest BCUT2D eigenvalue weighted by Crippen LogP contribution is 2.30. The second-order valence-electron chi connectivity index (χ2n) is 3.49. The minimum Gasteiger partial charge on any atom is -0.355 e. The molecule has 2 unspecified atom stereocenters. The fraction of sp³-hybridized carbons (Fsp3) is 0.889. The number of halogens is 1. The maximum Gasteiger partial charge on any atom is 0.223 e. The minimum absolute atomic E-state index is 0.195. The van der Waals surface area contributed by atoms with Gasteiger partial charge in [-0.3, -0.25) is 4.79 Å². The minimum atomic E-state index is 0.195. The molecule has 1 fully saturated rings. The molecule has 1 aliphatic carbocycles. The Morgan fingerprint density at radius 2 is 2.33 bits per heavy atom. The third-order valence-electron chi connectivity index (χ3n) is 2.59. The van der Waals surface area contributed by atoms with Crippen LogP contribution in [0.1, 0.15) is 26.2 Å². The molecule has 0 bridgehead atoms. The Morgan fingerprint density at radius 3 is 2.83 bits per heavy atom. The van der Waals surface area contributed by atoms with Crippen molar-refractivity contribution < 1.29 is 4.79 Å². The molecular weight excluding hydrogens is 174 g/mol. The van der Waals surface area contributed by atoms with Crippen molar-refractivity contribution in [2.45, 2.75) is 26.2 Å². The largest absolute Gasteiger partial charge is 0.355 e. The maximum atomic E-state index is 11.4. The first-order valence-corrected chi connectivity index (χ1v) is 5.13. The first-order chi connectivity index (χ1) is 5.75. The molecule has 3 heteroatoms. The van der Waals surface area contributed by atoms with Gasteiger partial charge in [0, 0.05) is 18.3 Å². The summed E-state index contributed by atoms with van der Waals surface area (Å²) in [6.07, 6.45) is 3.44. The molecule has 1 N–H and O–H groups in total. The van der Waals surface area contributed by atoms with E-state index in [1.807, 2.05) is 0 Å². The van der Waals surface area contributed by atoms with Crippen LogP contribution in [0.2, 0.25) is 0 Å². The van der Waals surface area contributed by atoms with Crippen LogP contribution in [-0.2, 0) is 4.79 Å². The molecule has 0 saturated heterocycles. The summed E-state index contributed by atoms with van der Waals surface area (Å²) in [6.45, 7) is 2.75. The number of carbonyl (C=O) groups excluding carboxylic acids is 1. The Morgan fingerprint density at radius 1 is 1.58 bits per heavy atom. The third kappa shape index (κ3) is 2.37. The first-order valence-electron chi connectivity index (χ1n) is 4.59. The summed E-state index contributed by atoms with van der Waals surface area (Å²) in [4.78, 5) is 11.4. The van der Waals surface area contributed by atoms with E-state index in [0.29, 0.717) is 18.3 Å². The topological polar surface area (TPSA) is 29.1 Å². The molecule has 0 aromatic rings. The third-order valence-corrected chi connectivity index (χ3v) is 2.78. The Kier molecular flexibility index (Phi) is 3.86. The van der Waals surface area contributed by atoms with Crippen molar-refractivity contribution in [3.8, 4) is 0 Å². The van der Waals surface area contributed by atoms with Gasteiger partial charge in [-0.25, -0.2) is 0 Å². The van der Waals surface area contributed by atoms with E-state index in [-0.39, 0.29) is 11.8 Å². The number of rotatable bonds is 3. The van der Waals surface area contributed by atoms with Gasteiger partial charge in [0.05, 0.1) is 0 Å². The number of hydrogen-bond donors (Lipinski definition) is 1. The molecule has 1 amide bonds. The highest BCUT2D eigenvalue weighted by molar-refractivity contribution is 6.18. The summed E-state index contributed by atoms with van der Waals surface area (Å²) in [7, 11) is 0. The smallest absolute Gasteiger partial charge is 0.223 e. The Hall–Kier alpha value is -0.240. The fourth-order valence-corrected chi connectivity index (χ4v) is 1.93. The molecule has 0 radical (unpaired) electrons. The lowest BCUT2D eigenvalue weighted by Crippen LogP contribution is -2.33. The molecule has 1 aliphatic rings. The zero-order valence-corrected chi connectivity index (χ0v) is 8.23. The van der Waals surface area contributed by atoms with Crippen LogP contribution >= 0.6 is 11.6 Å². The van der Waals surface area contributed by atoms with E-state index in [0.717, 1.165) is 6.42 Å². The van der Waals surface area contributed by atoms with Gasteiger partial charge in [0.2, 0.25) is 5.91 Å². The van der Waals surface area contributed by atoms with Crippen LogP contribution in [0.3, 0.4) is 0 Å². The fourth-order valence-electron chi connectivity index (χ4n) is 1.84. The van der Waals surface area contributed by atoms with Crippen LogP contribution in [0.4, 0.5) is 0 Å². The van der Waals surface area contributed by atoms with Crippen molar-refractivity contribution in [1.29, 1.82) is 0 Å². The highest BCUT2D eigenvalue weighted by atomic mass is 35.5. The van der Waals surface area contributed by atoms with Crippen LogP contribution in [0, 0.1) is 11.8 Å². The van der Waals surface area contributed by atoms with Gasteiger partial charge >= 0.3 is 0 Å². The molecule has 0 spiro atoms. The molecule has 70 valence electrons. The SMILES string of the molecule is CC1CCCC1C(=O)NCCCl. The van der Waals surface area contributed by atoms with Crippen LogP contribution < -0.4 is 5.32 Å². The van der Waals surface area contributed by atoms with E-state index in [9.17, 15) is 4.79 Å². The van der Waals surface area contributed by atoms with Crippen molar-refractivity contribution in [3.05, 3.63) is 0 Å². The predicted molar refractivity (Wildman–Crippen MR) is 50.2 cm³/mol. The number of hydrogen-bond acceptors (Lipinski definition) is 1. The van der Waals surface area contributed by atoms with Gasteiger partial charge in [-0.1, -0.05) is 13.3 Å². The standard InChI is InChI=1S/C9H16ClNO/c1-7-3-2-4-8(7)9(12)11-6-5-10/h7-8H,2-6H2,1H3,(H,11,12). The van der Waals surface area contributed by atoms with E-state index in [2.05, 4.69) is 12.2 Å². The summed E-state index contributed by atoms with van der Waals surface area (Å²) in [5, 5.41) is 2.83. The quantitative estimate of drug-likeness (QED) is 0.674. The van der Waals surface area contributed by atoms with Gasteiger partial charge in [-0.2, -0.15) is 0 Å². The van der Waals surface area contributed by atoms with Gasteiger partial charge in [0.1, 0.15) is 0 Å². The summed E-state index contributed by atoms with van der Waals surface area (Å²) < 4.78 is 0. The van der Waals surface area contributed by atoms with E-state index in [1.165, 1.54) is 12.8 Å². The van der Waals surface area contributed by atoms with Crippen molar-refractivity contribution >= 4 is 17.5 Å². The Bertz CT molecular complexity index is 161. The lowest BCUT2D eigenvalue weighted by molar-refractivity contribution is -0.125. The second kappa shape index (κ2) is 4.70. The van der Waals surface area contributed by atoms with Crippen molar-refractivity contribution in [3.63, 3.8) is 0 Å². The van der Waals surface area contributed by atoms with E-state index < -0.39 is 0 Å². The van der Waals surface area contributed by atoms with Crippen molar-refractivity contribution in [1.82, 2.24) is 5.32 Å². The average molecular weight is 190 g/mol. The van der Waals surface area contributed by atoms with E-state index in [1.54, 1.807) is 0 Å². The molecule has 2 atom stereocenters. The van der Waals surface area contributed by atoms with E-state index >= 15 is 0 Å². The summed E-state index contributed by atoms with van der Waals surface area (Å²) in [5.74, 6) is 1.50. The van der Waals surface area contributed by atoms with Crippen molar-refractivity contribution in [2.75, 3.05) is 12.4 Å². The maximum absolute atomic E-state index is 11.4. The van der Waals surface area contributed by atoms with E-state index in [4.69, 9.17) is 11.6 Å². The Balaban J connectivity index is 2.30. The van der Waals surface area contributed by atoms with Gasteiger partial charge in [-0.05, 0) is 18.8 Å². The normalized spacial score (nSPS) is 28.8. The van der Waals surface area contributed by atoms with Gasteiger partial charge in [0.15, 0.2) is 0 Å². The number of alkyl halides is 1. The number of nitrogens with one attached hydrogen (secondary N) is 1. The summed E-state index contributed by atoms with van der Waals surface area (Å²) in [6, 6.07) is 0. The average Bonchev–Trinajstić information content (AvgIpc) is 2.47. The number of amides is 1. The Labute approximate surface area is 78.7 Å². The predicted octanol–water partition coefficient (Wildman–Crippen LogP) is 1.78.